The van der Waals surface area contributed by atoms with E-state index in [9.17, 15) is 0 Å². The lowest BCUT2D eigenvalue weighted by molar-refractivity contribution is 1.02. The number of allylic oxidation sites excluding steroid dienone is 4. The van der Waals surface area contributed by atoms with E-state index in [4.69, 9.17) is 0 Å². The molecule has 0 N–H and O–H groups in total. The normalized spacial score (nSPS) is 16.8. The number of benzene rings is 4. The van der Waals surface area contributed by atoms with E-state index in [2.05, 4.69) is 72.8 Å². The molecule has 0 saturated carbocycles. The molecule has 4 aromatic carbocycles. The highest BCUT2D eigenvalue weighted by molar-refractivity contribution is 5.95. The summed E-state index contributed by atoms with van der Waals surface area (Å²) in [6.45, 7) is 0. The molecular formula is C31H22. The Kier molecular flexibility index (Phi) is 2.98. The maximum Gasteiger partial charge on any atom is -0.00130 e. The summed E-state index contributed by atoms with van der Waals surface area (Å²) in [5.74, 6) is 0. The van der Waals surface area contributed by atoms with Gasteiger partial charge in [-0.3, -0.25) is 0 Å². The van der Waals surface area contributed by atoms with Crippen LogP contribution >= 0.6 is 0 Å². The van der Waals surface area contributed by atoms with Crippen molar-refractivity contribution in [3.63, 3.8) is 0 Å². The van der Waals surface area contributed by atoms with Crippen LogP contribution in [-0.4, -0.2) is 0 Å². The molecular weight excluding hydrogens is 372 g/mol. The molecule has 4 aliphatic carbocycles. The second-order valence-electron chi connectivity index (χ2n) is 9.64. The van der Waals surface area contributed by atoms with E-state index in [1.807, 2.05) is 0 Å². The second-order valence-corrected chi connectivity index (χ2v) is 9.64. The second kappa shape index (κ2) is 5.65. The average molecular weight is 395 g/mol. The molecule has 0 heteroatoms. The molecule has 0 saturated heterocycles. The van der Waals surface area contributed by atoms with Crippen molar-refractivity contribution in [2.45, 2.75) is 32.1 Å². The molecule has 4 aliphatic rings. The molecule has 0 bridgehead atoms. The SMILES string of the molecule is C1=C2Cc3cc4c(cc3C2=CCC1)Cc1cc2c(cc1-4)Cc1cc3ccccc3cc1-2. The molecule has 0 heterocycles. The van der Waals surface area contributed by atoms with E-state index >= 15 is 0 Å². The van der Waals surface area contributed by atoms with Gasteiger partial charge in [-0.1, -0.05) is 42.5 Å². The van der Waals surface area contributed by atoms with E-state index in [1.54, 1.807) is 5.57 Å². The summed E-state index contributed by atoms with van der Waals surface area (Å²) < 4.78 is 0. The quantitative estimate of drug-likeness (QED) is 0.248. The minimum Gasteiger partial charge on any atom is -0.0801 e. The minimum atomic E-state index is 1.06. The number of hydrogen-bond acceptors (Lipinski definition) is 0. The van der Waals surface area contributed by atoms with Crippen molar-refractivity contribution in [1.82, 2.24) is 0 Å². The highest BCUT2D eigenvalue weighted by Crippen LogP contribution is 2.48. The summed E-state index contributed by atoms with van der Waals surface area (Å²) in [5, 5.41) is 2.70. The van der Waals surface area contributed by atoms with Gasteiger partial charge >= 0.3 is 0 Å². The van der Waals surface area contributed by atoms with E-state index in [-0.39, 0.29) is 0 Å². The molecule has 0 aromatic heterocycles. The zero-order valence-electron chi connectivity index (χ0n) is 17.5. The van der Waals surface area contributed by atoms with E-state index < -0.39 is 0 Å². The van der Waals surface area contributed by atoms with Crippen LogP contribution in [0.25, 0.3) is 38.6 Å². The fourth-order valence-corrected chi connectivity index (χ4v) is 6.44. The number of rotatable bonds is 0. The standard InChI is InChI=1S/C31H22/c1-2-6-19-13-28-21(9-18(19)5-1)11-23-16-31-25(17-29(23)28)12-24-14-27-22(15-30(24)31)10-20-7-3-4-8-26(20)27/h1-2,5-9,13-17H,3-4,10-12H2. The van der Waals surface area contributed by atoms with Crippen molar-refractivity contribution < 1.29 is 0 Å². The molecule has 4 aromatic rings. The van der Waals surface area contributed by atoms with Gasteiger partial charge < -0.3 is 0 Å². The maximum atomic E-state index is 2.51. The van der Waals surface area contributed by atoms with E-state index in [0.717, 1.165) is 19.3 Å². The van der Waals surface area contributed by atoms with Gasteiger partial charge in [0.05, 0.1) is 0 Å². The first-order chi connectivity index (χ1) is 15.3. The summed E-state index contributed by atoms with van der Waals surface area (Å²) in [6, 6.07) is 23.6. The summed E-state index contributed by atoms with van der Waals surface area (Å²) in [6.07, 6.45) is 10.6. The van der Waals surface area contributed by atoms with Crippen molar-refractivity contribution in [2.24, 2.45) is 0 Å². The van der Waals surface area contributed by atoms with Crippen LogP contribution in [0.15, 0.2) is 78.4 Å². The number of hydrogen-bond donors (Lipinski definition) is 0. The zero-order chi connectivity index (χ0) is 20.1. The summed E-state index contributed by atoms with van der Waals surface area (Å²) >= 11 is 0. The highest BCUT2D eigenvalue weighted by atomic mass is 14.3. The van der Waals surface area contributed by atoms with Crippen LogP contribution in [0, 0.1) is 0 Å². The van der Waals surface area contributed by atoms with Gasteiger partial charge in [0.1, 0.15) is 0 Å². The van der Waals surface area contributed by atoms with Crippen LogP contribution in [0.1, 0.15) is 46.2 Å². The van der Waals surface area contributed by atoms with Crippen LogP contribution in [0.2, 0.25) is 0 Å². The molecule has 0 unspecified atom stereocenters. The van der Waals surface area contributed by atoms with Crippen molar-refractivity contribution in [1.29, 1.82) is 0 Å². The third-order valence-electron chi connectivity index (χ3n) is 7.89. The van der Waals surface area contributed by atoms with Crippen LogP contribution in [0.4, 0.5) is 0 Å². The van der Waals surface area contributed by atoms with Crippen LogP contribution < -0.4 is 0 Å². The Balaban J connectivity index is 1.28. The van der Waals surface area contributed by atoms with Gasteiger partial charge in [-0.15, -0.1) is 0 Å². The van der Waals surface area contributed by atoms with Crippen molar-refractivity contribution in [3.8, 4) is 22.3 Å². The van der Waals surface area contributed by atoms with Crippen LogP contribution in [0.3, 0.4) is 0 Å². The van der Waals surface area contributed by atoms with Crippen molar-refractivity contribution in [2.75, 3.05) is 0 Å². The van der Waals surface area contributed by atoms with Gasteiger partial charge in [0, 0.05) is 0 Å². The van der Waals surface area contributed by atoms with Gasteiger partial charge in [-0.25, -0.2) is 0 Å². The van der Waals surface area contributed by atoms with Crippen molar-refractivity contribution >= 4 is 16.3 Å². The Labute approximate surface area is 182 Å². The van der Waals surface area contributed by atoms with Gasteiger partial charge in [-0.2, -0.15) is 0 Å². The lowest BCUT2D eigenvalue weighted by atomic mass is 9.95. The Morgan fingerprint density at radius 2 is 0.968 bits per heavy atom. The first kappa shape index (κ1) is 16.3. The third kappa shape index (κ3) is 2.15. The largest absolute Gasteiger partial charge is 0.0801 e. The molecule has 8 rings (SSSR count). The van der Waals surface area contributed by atoms with Gasteiger partial charge in [0.15, 0.2) is 0 Å². The van der Waals surface area contributed by atoms with Crippen LogP contribution in [-0.2, 0) is 19.3 Å². The van der Waals surface area contributed by atoms with Gasteiger partial charge in [-0.05, 0) is 140 Å². The Morgan fingerprint density at radius 3 is 1.68 bits per heavy atom. The first-order valence-corrected chi connectivity index (χ1v) is 11.6. The molecule has 0 radical (unpaired) electrons. The monoisotopic (exact) mass is 394 g/mol. The predicted octanol–water partition coefficient (Wildman–Crippen LogP) is 7.64. The van der Waals surface area contributed by atoms with E-state index in [0.29, 0.717) is 0 Å². The van der Waals surface area contributed by atoms with Crippen molar-refractivity contribution in [3.05, 3.63) is 112 Å². The summed E-state index contributed by atoms with van der Waals surface area (Å²) in [5.41, 5.74) is 18.0. The molecule has 0 fully saturated rings. The third-order valence-corrected chi connectivity index (χ3v) is 7.89. The molecule has 0 nitrogen and oxygen atoms in total. The topological polar surface area (TPSA) is 0 Å². The van der Waals surface area contributed by atoms with Crippen LogP contribution in [0.5, 0.6) is 0 Å². The summed E-state index contributed by atoms with van der Waals surface area (Å²) in [4.78, 5) is 0. The maximum absolute atomic E-state index is 2.51. The summed E-state index contributed by atoms with van der Waals surface area (Å²) in [7, 11) is 0. The molecule has 146 valence electrons. The number of fused-ring (bicyclic) bond motifs is 10. The predicted molar refractivity (Wildman–Crippen MR) is 129 cm³/mol. The Morgan fingerprint density at radius 1 is 0.452 bits per heavy atom. The van der Waals surface area contributed by atoms with Gasteiger partial charge in [0.25, 0.3) is 0 Å². The lowest BCUT2D eigenvalue weighted by Gasteiger charge is -2.09. The molecule has 0 aliphatic heterocycles. The fraction of sp³-hybridized carbons (Fsp3) is 0.161. The molecule has 0 atom stereocenters. The average Bonchev–Trinajstić information content (AvgIpc) is 3.44. The first-order valence-electron chi connectivity index (χ1n) is 11.6. The lowest BCUT2D eigenvalue weighted by Crippen LogP contribution is -1.89. The van der Waals surface area contributed by atoms with Gasteiger partial charge in [0.2, 0.25) is 0 Å². The smallest absolute Gasteiger partial charge is 0.00130 e. The Bertz CT molecular complexity index is 1540. The fourth-order valence-electron chi connectivity index (χ4n) is 6.44. The van der Waals surface area contributed by atoms with E-state index in [1.165, 1.54) is 84.8 Å². The highest BCUT2D eigenvalue weighted by Gasteiger charge is 2.29. The molecule has 31 heavy (non-hydrogen) atoms. The molecule has 0 spiro atoms. The zero-order valence-corrected chi connectivity index (χ0v) is 17.5. The Hall–Kier alpha value is -3.38. The minimum absolute atomic E-state index is 1.06. The molecule has 0 amide bonds.